The number of aliphatic hydroxyl groups excluding tert-OH is 1. The summed E-state index contributed by atoms with van der Waals surface area (Å²) in [6.07, 6.45) is 0.727. The van der Waals surface area contributed by atoms with Gasteiger partial charge in [0.25, 0.3) is 0 Å². The zero-order chi connectivity index (χ0) is 14.7. The van der Waals surface area contributed by atoms with Gasteiger partial charge in [-0.05, 0) is 31.5 Å². The maximum absolute atomic E-state index is 10.4. The first kappa shape index (κ1) is 14.9. The number of rotatable bonds is 5. The smallest absolute Gasteiger partial charge is 0.0865 e. The van der Waals surface area contributed by atoms with Gasteiger partial charge in [0.1, 0.15) is 0 Å². The lowest BCUT2D eigenvalue weighted by atomic mass is 10.0. The molecule has 1 aromatic heterocycles. The number of anilines is 1. The molecule has 1 atom stereocenters. The zero-order valence-corrected chi connectivity index (χ0v) is 12.6. The highest BCUT2D eigenvalue weighted by molar-refractivity contribution is 6.30. The van der Waals surface area contributed by atoms with Crippen molar-refractivity contribution in [3.8, 4) is 0 Å². The van der Waals surface area contributed by atoms with Gasteiger partial charge in [0, 0.05) is 34.9 Å². The number of halogens is 1. The molecule has 2 rings (SSSR count). The molecule has 0 aliphatic rings. The van der Waals surface area contributed by atoms with Gasteiger partial charge in [-0.3, -0.25) is 4.68 Å². The van der Waals surface area contributed by atoms with E-state index >= 15 is 0 Å². The van der Waals surface area contributed by atoms with Gasteiger partial charge in [-0.25, -0.2) is 0 Å². The summed E-state index contributed by atoms with van der Waals surface area (Å²) in [6.45, 7) is 4.90. The molecule has 5 heteroatoms. The van der Waals surface area contributed by atoms with Crippen LogP contribution in [0.1, 0.15) is 36.9 Å². The summed E-state index contributed by atoms with van der Waals surface area (Å²) in [5.74, 6) is 0. The SMILES string of the molecule is CCc1cc(CC(O)c2ccc(Cl)cc2N)n(CC)n1. The Balaban J connectivity index is 2.22. The number of benzene rings is 1. The Kier molecular flexibility index (Phi) is 4.68. The lowest BCUT2D eigenvalue weighted by Gasteiger charge is -2.14. The van der Waals surface area contributed by atoms with Crippen molar-refractivity contribution in [2.75, 3.05) is 5.73 Å². The molecule has 0 fully saturated rings. The van der Waals surface area contributed by atoms with Crippen LogP contribution in [0.4, 0.5) is 5.69 Å². The third-order valence-corrected chi connectivity index (χ3v) is 3.62. The van der Waals surface area contributed by atoms with Crippen LogP contribution in [0.2, 0.25) is 5.02 Å². The molecule has 0 saturated carbocycles. The van der Waals surface area contributed by atoms with Crippen LogP contribution in [0, 0.1) is 0 Å². The van der Waals surface area contributed by atoms with E-state index in [1.807, 2.05) is 17.7 Å². The van der Waals surface area contributed by atoms with E-state index in [0.717, 1.165) is 24.4 Å². The maximum atomic E-state index is 10.4. The van der Waals surface area contributed by atoms with E-state index in [-0.39, 0.29) is 0 Å². The summed E-state index contributed by atoms with van der Waals surface area (Å²) in [7, 11) is 0. The third kappa shape index (κ3) is 3.14. The van der Waals surface area contributed by atoms with Crippen LogP contribution in [0.15, 0.2) is 24.3 Å². The third-order valence-electron chi connectivity index (χ3n) is 3.39. The number of aromatic nitrogens is 2. The molecule has 1 heterocycles. The predicted octanol–water partition coefficient (Wildman–Crippen LogP) is 2.98. The summed E-state index contributed by atoms with van der Waals surface area (Å²) < 4.78 is 1.92. The molecule has 20 heavy (non-hydrogen) atoms. The number of nitrogens with zero attached hydrogens (tertiary/aromatic N) is 2. The average molecular weight is 294 g/mol. The van der Waals surface area contributed by atoms with E-state index in [4.69, 9.17) is 17.3 Å². The number of hydrogen-bond acceptors (Lipinski definition) is 3. The van der Waals surface area contributed by atoms with Gasteiger partial charge < -0.3 is 10.8 Å². The molecular weight excluding hydrogens is 274 g/mol. The van der Waals surface area contributed by atoms with Gasteiger partial charge in [0.2, 0.25) is 0 Å². The summed E-state index contributed by atoms with van der Waals surface area (Å²) in [5, 5.41) is 15.4. The van der Waals surface area contributed by atoms with E-state index in [0.29, 0.717) is 22.7 Å². The number of nitrogen functional groups attached to an aromatic ring is 1. The highest BCUT2D eigenvalue weighted by Gasteiger charge is 2.15. The minimum Gasteiger partial charge on any atom is -0.398 e. The summed E-state index contributed by atoms with van der Waals surface area (Å²) in [6, 6.07) is 7.22. The fourth-order valence-corrected chi connectivity index (χ4v) is 2.46. The fraction of sp³-hybridized carbons (Fsp3) is 0.400. The quantitative estimate of drug-likeness (QED) is 0.833. The van der Waals surface area contributed by atoms with E-state index in [1.54, 1.807) is 18.2 Å². The molecule has 0 aliphatic carbocycles. The van der Waals surface area contributed by atoms with Crippen molar-refractivity contribution in [3.05, 3.63) is 46.2 Å². The van der Waals surface area contributed by atoms with Crippen LogP contribution < -0.4 is 5.73 Å². The molecule has 2 aromatic rings. The first-order chi connectivity index (χ1) is 9.55. The van der Waals surface area contributed by atoms with Crippen molar-refractivity contribution in [1.29, 1.82) is 0 Å². The number of aryl methyl sites for hydroxylation is 2. The van der Waals surface area contributed by atoms with Crippen LogP contribution in [0.5, 0.6) is 0 Å². The van der Waals surface area contributed by atoms with E-state index in [2.05, 4.69) is 12.0 Å². The number of nitrogens with two attached hydrogens (primary N) is 1. The number of hydrogen-bond donors (Lipinski definition) is 2. The molecule has 1 unspecified atom stereocenters. The van der Waals surface area contributed by atoms with Crippen LogP contribution in [0.25, 0.3) is 0 Å². The summed E-state index contributed by atoms with van der Waals surface area (Å²) >= 11 is 5.88. The highest BCUT2D eigenvalue weighted by atomic mass is 35.5. The first-order valence-corrected chi connectivity index (χ1v) is 7.21. The topological polar surface area (TPSA) is 64.1 Å². The van der Waals surface area contributed by atoms with Gasteiger partial charge >= 0.3 is 0 Å². The van der Waals surface area contributed by atoms with E-state index in [9.17, 15) is 5.11 Å². The molecule has 3 N–H and O–H groups in total. The second-order valence-electron chi connectivity index (χ2n) is 4.79. The van der Waals surface area contributed by atoms with Gasteiger partial charge in [-0.15, -0.1) is 0 Å². The van der Waals surface area contributed by atoms with Crippen LogP contribution in [-0.2, 0) is 19.4 Å². The number of aliphatic hydroxyl groups is 1. The zero-order valence-electron chi connectivity index (χ0n) is 11.8. The second kappa shape index (κ2) is 6.29. The van der Waals surface area contributed by atoms with Gasteiger partial charge in [0.15, 0.2) is 0 Å². The van der Waals surface area contributed by atoms with Gasteiger partial charge in [-0.2, -0.15) is 5.10 Å². The Morgan fingerprint density at radius 1 is 1.35 bits per heavy atom. The van der Waals surface area contributed by atoms with E-state index < -0.39 is 6.10 Å². The monoisotopic (exact) mass is 293 g/mol. The molecular formula is C15H20ClN3O. The maximum Gasteiger partial charge on any atom is 0.0865 e. The molecule has 0 aliphatic heterocycles. The van der Waals surface area contributed by atoms with Crippen LogP contribution in [0.3, 0.4) is 0 Å². The largest absolute Gasteiger partial charge is 0.398 e. The van der Waals surface area contributed by atoms with Crippen molar-refractivity contribution in [1.82, 2.24) is 9.78 Å². The van der Waals surface area contributed by atoms with Gasteiger partial charge in [0.05, 0.1) is 11.8 Å². The average Bonchev–Trinajstić information content (AvgIpc) is 2.80. The van der Waals surface area contributed by atoms with Crippen molar-refractivity contribution >= 4 is 17.3 Å². The summed E-state index contributed by atoms with van der Waals surface area (Å²) in [5.41, 5.74) is 9.19. The molecule has 108 valence electrons. The summed E-state index contributed by atoms with van der Waals surface area (Å²) in [4.78, 5) is 0. The standard InChI is InChI=1S/C15H20ClN3O/c1-3-11-8-12(19(4-2)18-11)9-15(20)13-6-5-10(16)7-14(13)17/h5-8,15,20H,3-4,9,17H2,1-2H3. The molecule has 0 bridgehead atoms. The molecule has 0 saturated heterocycles. The van der Waals surface area contributed by atoms with E-state index in [1.165, 1.54) is 0 Å². The van der Waals surface area contributed by atoms with Crippen molar-refractivity contribution in [3.63, 3.8) is 0 Å². The predicted molar refractivity (Wildman–Crippen MR) is 81.8 cm³/mol. The Hall–Kier alpha value is -1.52. The normalized spacial score (nSPS) is 12.6. The first-order valence-electron chi connectivity index (χ1n) is 6.83. The van der Waals surface area contributed by atoms with Crippen LogP contribution in [-0.4, -0.2) is 14.9 Å². The minimum absolute atomic E-state index is 0.493. The van der Waals surface area contributed by atoms with Gasteiger partial charge in [-0.1, -0.05) is 24.6 Å². The fourth-order valence-electron chi connectivity index (χ4n) is 2.28. The Labute approximate surface area is 124 Å². The van der Waals surface area contributed by atoms with Crippen LogP contribution >= 0.6 is 11.6 Å². The Morgan fingerprint density at radius 3 is 2.70 bits per heavy atom. The molecule has 4 nitrogen and oxygen atoms in total. The Morgan fingerprint density at radius 2 is 2.10 bits per heavy atom. The lowest BCUT2D eigenvalue weighted by Crippen LogP contribution is -2.10. The minimum atomic E-state index is -0.654. The molecule has 1 aromatic carbocycles. The molecule has 0 spiro atoms. The second-order valence-corrected chi connectivity index (χ2v) is 5.23. The van der Waals surface area contributed by atoms with Crippen molar-refractivity contribution in [2.24, 2.45) is 0 Å². The van der Waals surface area contributed by atoms with Crippen molar-refractivity contribution < 1.29 is 5.11 Å². The lowest BCUT2D eigenvalue weighted by molar-refractivity contribution is 0.176. The van der Waals surface area contributed by atoms with Crippen molar-refractivity contribution in [2.45, 2.75) is 39.3 Å². The molecule has 0 amide bonds. The Bertz CT molecular complexity index is 595. The highest BCUT2D eigenvalue weighted by Crippen LogP contribution is 2.26. The molecule has 0 radical (unpaired) electrons.